The average molecular weight is 222 g/mol. The van der Waals surface area contributed by atoms with Crippen LogP contribution in [0.15, 0.2) is 10.2 Å². The number of rotatable bonds is 0. The summed E-state index contributed by atoms with van der Waals surface area (Å²) in [6, 6.07) is 0. The number of carbonyl (C=O) groups is 1. The molecule has 2 heterocycles. The molecule has 3 aliphatic rings. The van der Waals surface area contributed by atoms with Crippen LogP contribution < -0.4 is 0 Å². The molecule has 0 spiro atoms. The van der Waals surface area contributed by atoms with Crippen molar-refractivity contribution in [1.29, 1.82) is 0 Å². The Morgan fingerprint density at radius 1 is 1.12 bits per heavy atom. The molecule has 0 aromatic heterocycles. The van der Waals surface area contributed by atoms with Gasteiger partial charge in [-0.05, 0) is 12.8 Å². The van der Waals surface area contributed by atoms with Crippen molar-refractivity contribution >= 4 is 17.8 Å². The molecule has 2 fully saturated rings. The Morgan fingerprint density at radius 3 is 2.69 bits per heavy atom. The molecular formula is C11H14N2O3. The van der Waals surface area contributed by atoms with Gasteiger partial charge in [0.05, 0.1) is 11.8 Å². The van der Waals surface area contributed by atoms with Gasteiger partial charge < -0.3 is 9.84 Å². The fourth-order valence-electron chi connectivity index (χ4n) is 2.95. The van der Waals surface area contributed by atoms with Crippen LogP contribution in [0.2, 0.25) is 0 Å². The summed E-state index contributed by atoms with van der Waals surface area (Å²) in [4.78, 5) is 11.7. The Hall–Kier alpha value is -1.39. The first-order chi connectivity index (χ1) is 7.77. The quantitative estimate of drug-likeness (QED) is 0.633. The fraction of sp³-hybridized carbons (Fsp3) is 0.727. The third kappa shape index (κ3) is 1.34. The van der Waals surface area contributed by atoms with E-state index in [9.17, 15) is 9.90 Å². The van der Waals surface area contributed by atoms with Crippen LogP contribution in [0, 0.1) is 17.8 Å². The van der Waals surface area contributed by atoms with Crippen molar-refractivity contribution in [2.75, 3.05) is 0 Å². The van der Waals surface area contributed by atoms with Crippen molar-refractivity contribution < 1.29 is 14.6 Å². The van der Waals surface area contributed by atoms with Crippen LogP contribution in [-0.4, -0.2) is 22.9 Å². The van der Waals surface area contributed by atoms with Gasteiger partial charge in [-0.3, -0.25) is 4.79 Å². The highest BCUT2D eigenvalue weighted by atomic mass is 16.6. The number of hydrogen-bond donors (Lipinski definition) is 1. The molecule has 3 atom stereocenters. The van der Waals surface area contributed by atoms with Crippen molar-refractivity contribution in [3.63, 3.8) is 0 Å². The number of ether oxygens (including phenoxy) is 1. The second-order valence-corrected chi connectivity index (χ2v) is 4.69. The zero-order valence-electron chi connectivity index (χ0n) is 8.93. The zero-order valence-corrected chi connectivity index (χ0v) is 8.93. The molecule has 0 bridgehead atoms. The topological polar surface area (TPSA) is 71.2 Å². The Bertz CT molecular complexity index is 389. The van der Waals surface area contributed by atoms with Crippen LogP contribution in [0.5, 0.6) is 0 Å². The first-order valence-electron chi connectivity index (χ1n) is 5.83. The highest BCUT2D eigenvalue weighted by Crippen LogP contribution is 2.40. The molecule has 0 amide bonds. The highest BCUT2D eigenvalue weighted by Gasteiger charge is 2.50. The summed E-state index contributed by atoms with van der Waals surface area (Å²) in [5.41, 5.74) is 0. The zero-order chi connectivity index (χ0) is 11.1. The Balaban J connectivity index is 1.98. The van der Waals surface area contributed by atoms with E-state index in [1.165, 1.54) is 0 Å². The van der Waals surface area contributed by atoms with Gasteiger partial charge in [0.2, 0.25) is 11.8 Å². The Labute approximate surface area is 93.2 Å². The lowest BCUT2D eigenvalue weighted by Crippen LogP contribution is -2.35. The second-order valence-electron chi connectivity index (χ2n) is 4.69. The lowest BCUT2D eigenvalue weighted by atomic mass is 9.75. The van der Waals surface area contributed by atoms with Gasteiger partial charge in [-0.25, -0.2) is 0 Å². The van der Waals surface area contributed by atoms with Crippen LogP contribution >= 0.6 is 0 Å². The van der Waals surface area contributed by atoms with Gasteiger partial charge in [-0.1, -0.05) is 19.3 Å². The molecule has 5 heteroatoms. The van der Waals surface area contributed by atoms with Crippen molar-refractivity contribution in [3.8, 4) is 0 Å². The third-order valence-electron chi connectivity index (χ3n) is 3.77. The number of hydrogen-bond acceptors (Lipinski definition) is 4. The van der Waals surface area contributed by atoms with Crippen LogP contribution in [-0.2, 0) is 9.53 Å². The standard InChI is InChI=1S/C11H14N2O3/c14-9-6-4-2-1-3-5-7-8(6)10(13-12-9)16-11(7)15/h6-8H,1-5H2,(H,12,14). The van der Waals surface area contributed by atoms with E-state index in [-0.39, 0.29) is 29.6 Å². The average Bonchev–Trinajstić information content (AvgIpc) is 2.52. The van der Waals surface area contributed by atoms with Crippen LogP contribution in [0.1, 0.15) is 32.1 Å². The minimum absolute atomic E-state index is 0.0645. The van der Waals surface area contributed by atoms with Gasteiger partial charge in [0, 0.05) is 5.92 Å². The molecule has 16 heavy (non-hydrogen) atoms. The van der Waals surface area contributed by atoms with Crippen LogP contribution in [0.3, 0.4) is 0 Å². The largest absolute Gasteiger partial charge is 0.495 e. The third-order valence-corrected chi connectivity index (χ3v) is 3.77. The first-order valence-corrected chi connectivity index (χ1v) is 5.83. The SMILES string of the molecule is O=C1OC2=NN=C(O)C3CCCCCC1C23. The summed E-state index contributed by atoms with van der Waals surface area (Å²) in [6.07, 6.45) is 4.92. The van der Waals surface area contributed by atoms with E-state index in [0.717, 1.165) is 32.1 Å². The number of nitrogens with zero attached hydrogens (tertiary/aromatic N) is 2. The number of esters is 1. The lowest BCUT2D eigenvalue weighted by molar-refractivity contribution is -0.137. The number of aliphatic hydroxyl groups is 1. The molecule has 1 N–H and O–H groups in total. The highest BCUT2D eigenvalue weighted by molar-refractivity contribution is 6.03. The Morgan fingerprint density at radius 2 is 1.88 bits per heavy atom. The van der Waals surface area contributed by atoms with Crippen molar-refractivity contribution in [3.05, 3.63) is 0 Å². The molecule has 2 aliphatic heterocycles. The molecule has 86 valence electrons. The lowest BCUT2D eigenvalue weighted by Gasteiger charge is -2.27. The van der Waals surface area contributed by atoms with E-state index in [1.807, 2.05) is 0 Å². The summed E-state index contributed by atoms with van der Waals surface area (Å²) >= 11 is 0. The first kappa shape index (κ1) is 9.81. The van der Waals surface area contributed by atoms with Gasteiger partial charge in [0.15, 0.2) is 0 Å². The monoisotopic (exact) mass is 222 g/mol. The van der Waals surface area contributed by atoms with Gasteiger partial charge in [0.1, 0.15) is 0 Å². The molecular weight excluding hydrogens is 208 g/mol. The molecule has 0 aromatic rings. The Kier molecular flexibility index (Phi) is 2.19. The van der Waals surface area contributed by atoms with E-state index < -0.39 is 0 Å². The van der Waals surface area contributed by atoms with E-state index in [2.05, 4.69) is 10.2 Å². The second kappa shape index (κ2) is 3.57. The van der Waals surface area contributed by atoms with Crippen LogP contribution in [0.4, 0.5) is 0 Å². The molecule has 0 radical (unpaired) electrons. The van der Waals surface area contributed by atoms with E-state index in [4.69, 9.17) is 4.74 Å². The molecule has 0 aromatic carbocycles. The van der Waals surface area contributed by atoms with E-state index >= 15 is 0 Å². The fourth-order valence-corrected chi connectivity index (χ4v) is 2.95. The van der Waals surface area contributed by atoms with Crippen molar-refractivity contribution in [1.82, 2.24) is 0 Å². The minimum atomic E-state index is -0.194. The van der Waals surface area contributed by atoms with Gasteiger partial charge in [0.25, 0.3) is 0 Å². The normalized spacial score (nSPS) is 37.8. The molecule has 3 unspecified atom stereocenters. The van der Waals surface area contributed by atoms with Gasteiger partial charge >= 0.3 is 5.97 Å². The maximum absolute atomic E-state index is 11.7. The van der Waals surface area contributed by atoms with Crippen molar-refractivity contribution in [2.24, 2.45) is 28.0 Å². The summed E-state index contributed by atoms with van der Waals surface area (Å²) in [5, 5.41) is 17.2. The summed E-state index contributed by atoms with van der Waals surface area (Å²) in [5.74, 6) is 0.0375. The van der Waals surface area contributed by atoms with E-state index in [0.29, 0.717) is 5.90 Å². The molecule has 1 saturated carbocycles. The number of aliphatic hydroxyl groups excluding tert-OH is 1. The van der Waals surface area contributed by atoms with E-state index in [1.54, 1.807) is 0 Å². The molecule has 3 rings (SSSR count). The minimum Gasteiger partial charge on any atom is -0.495 e. The predicted molar refractivity (Wildman–Crippen MR) is 57.1 cm³/mol. The summed E-state index contributed by atoms with van der Waals surface area (Å²) in [7, 11) is 0. The summed E-state index contributed by atoms with van der Waals surface area (Å²) < 4.78 is 5.13. The maximum atomic E-state index is 11.7. The van der Waals surface area contributed by atoms with Gasteiger partial charge in [-0.2, -0.15) is 0 Å². The molecule has 1 aliphatic carbocycles. The van der Waals surface area contributed by atoms with Crippen molar-refractivity contribution in [2.45, 2.75) is 32.1 Å². The molecule has 5 nitrogen and oxygen atoms in total. The maximum Gasteiger partial charge on any atom is 0.316 e. The predicted octanol–water partition coefficient (Wildman–Crippen LogP) is 1.64. The number of carbonyl (C=O) groups excluding carboxylic acids is 1. The smallest absolute Gasteiger partial charge is 0.316 e. The molecule has 1 saturated heterocycles. The summed E-state index contributed by atoms with van der Waals surface area (Å²) in [6.45, 7) is 0. The van der Waals surface area contributed by atoms with Gasteiger partial charge in [-0.15, -0.1) is 10.2 Å². The van der Waals surface area contributed by atoms with Crippen LogP contribution in [0.25, 0.3) is 0 Å².